The molecular formula is C13H22NO3S+. The largest absolute Gasteiger partial charge is 0.323 e. The van der Waals surface area contributed by atoms with Gasteiger partial charge in [0.2, 0.25) is 0 Å². The van der Waals surface area contributed by atoms with Crippen LogP contribution in [0.15, 0.2) is 29.2 Å². The fraction of sp³-hybridized carbons (Fsp3) is 0.538. The maximum absolute atomic E-state index is 10.9. The van der Waals surface area contributed by atoms with Gasteiger partial charge in [-0.25, -0.2) is 0 Å². The Morgan fingerprint density at radius 1 is 1.22 bits per heavy atom. The molecule has 5 heteroatoms. The summed E-state index contributed by atoms with van der Waals surface area (Å²) in [5, 5.41) is 0. The van der Waals surface area contributed by atoms with Crippen molar-refractivity contribution in [3.63, 3.8) is 0 Å². The number of hydrogen-bond acceptors (Lipinski definition) is 2. The van der Waals surface area contributed by atoms with E-state index in [0.29, 0.717) is 6.04 Å². The summed E-state index contributed by atoms with van der Waals surface area (Å²) in [7, 11) is 0.226. The molecule has 0 bridgehead atoms. The Hall–Kier alpha value is -0.910. The first-order valence-electron chi connectivity index (χ1n) is 6.06. The van der Waals surface area contributed by atoms with Gasteiger partial charge in [-0.15, -0.1) is 0 Å². The molecule has 0 amide bonds. The predicted molar refractivity (Wildman–Crippen MR) is 71.8 cm³/mol. The van der Waals surface area contributed by atoms with Crippen molar-refractivity contribution in [1.82, 2.24) is 0 Å². The summed E-state index contributed by atoms with van der Waals surface area (Å²) in [4.78, 5) is -0.0555. The SMILES string of the molecule is CCC(C)[N+](C)(C)Cc1ccc(S(=O)(=O)O)cc1. The maximum Gasteiger partial charge on any atom is 0.294 e. The molecule has 1 aromatic rings. The highest BCUT2D eigenvalue weighted by Gasteiger charge is 2.22. The van der Waals surface area contributed by atoms with Gasteiger partial charge in [0, 0.05) is 5.56 Å². The van der Waals surface area contributed by atoms with Gasteiger partial charge >= 0.3 is 0 Å². The number of benzene rings is 1. The topological polar surface area (TPSA) is 54.4 Å². The lowest BCUT2D eigenvalue weighted by Gasteiger charge is -2.35. The van der Waals surface area contributed by atoms with Gasteiger partial charge in [-0.05, 0) is 25.5 Å². The average Bonchev–Trinajstić information content (AvgIpc) is 2.26. The Morgan fingerprint density at radius 2 is 1.72 bits per heavy atom. The zero-order chi connectivity index (χ0) is 14.0. The van der Waals surface area contributed by atoms with Crippen LogP contribution in [0.3, 0.4) is 0 Å². The molecule has 0 spiro atoms. The second-order valence-corrected chi connectivity index (χ2v) is 6.73. The summed E-state index contributed by atoms with van der Waals surface area (Å²) >= 11 is 0. The number of rotatable bonds is 5. The summed E-state index contributed by atoms with van der Waals surface area (Å²) in [5.74, 6) is 0. The van der Waals surface area contributed by atoms with Crippen molar-refractivity contribution in [2.24, 2.45) is 0 Å². The van der Waals surface area contributed by atoms with Gasteiger partial charge in [0.15, 0.2) is 0 Å². The van der Waals surface area contributed by atoms with Crippen molar-refractivity contribution in [2.45, 2.75) is 37.8 Å². The normalized spacial score (nSPS) is 14.5. The van der Waals surface area contributed by atoms with E-state index in [1.54, 1.807) is 12.1 Å². The molecule has 0 radical (unpaired) electrons. The Bertz CT molecular complexity index is 491. The van der Waals surface area contributed by atoms with Crippen LogP contribution in [0.25, 0.3) is 0 Å². The first kappa shape index (κ1) is 15.1. The molecule has 0 aliphatic rings. The lowest BCUT2D eigenvalue weighted by atomic mass is 10.1. The van der Waals surface area contributed by atoms with Crippen LogP contribution < -0.4 is 0 Å². The second kappa shape index (κ2) is 5.38. The molecule has 1 unspecified atom stereocenters. The second-order valence-electron chi connectivity index (χ2n) is 5.31. The molecule has 1 aromatic carbocycles. The van der Waals surface area contributed by atoms with Crippen molar-refractivity contribution < 1.29 is 17.5 Å². The van der Waals surface area contributed by atoms with E-state index in [1.165, 1.54) is 12.1 Å². The fourth-order valence-electron chi connectivity index (χ4n) is 1.89. The van der Waals surface area contributed by atoms with Gasteiger partial charge in [0.1, 0.15) is 6.54 Å². The Labute approximate surface area is 110 Å². The van der Waals surface area contributed by atoms with E-state index in [9.17, 15) is 8.42 Å². The molecule has 0 heterocycles. The third-order valence-corrected chi connectivity index (χ3v) is 4.46. The van der Waals surface area contributed by atoms with E-state index >= 15 is 0 Å². The minimum absolute atomic E-state index is 0.0555. The molecule has 4 nitrogen and oxygen atoms in total. The van der Waals surface area contributed by atoms with Crippen LogP contribution >= 0.6 is 0 Å². The standard InChI is InChI=1S/C13H21NO3S/c1-5-11(2)14(3,4)10-12-6-8-13(9-7-12)18(15,16)17/h6-9,11H,5,10H2,1-4H3/p+1. The highest BCUT2D eigenvalue weighted by Crippen LogP contribution is 2.17. The third kappa shape index (κ3) is 3.80. The highest BCUT2D eigenvalue weighted by atomic mass is 32.2. The summed E-state index contributed by atoms with van der Waals surface area (Å²) in [5.41, 5.74) is 1.06. The van der Waals surface area contributed by atoms with E-state index in [0.717, 1.165) is 23.0 Å². The number of nitrogens with zero attached hydrogens (tertiary/aromatic N) is 1. The lowest BCUT2D eigenvalue weighted by molar-refractivity contribution is -0.926. The van der Waals surface area contributed by atoms with Crippen molar-refractivity contribution in [3.05, 3.63) is 29.8 Å². The van der Waals surface area contributed by atoms with Crippen LogP contribution in [-0.4, -0.2) is 37.6 Å². The molecule has 0 saturated carbocycles. The van der Waals surface area contributed by atoms with Gasteiger partial charge in [-0.1, -0.05) is 19.1 Å². The molecule has 18 heavy (non-hydrogen) atoms. The number of hydrogen-bond donors (Lipinski definition) is 1. The highest BCUT2D eigenvalue weighted by molar-refractivity contribution is 7.85. The molecule has 0 fully saturated rings. The molecule has 0 aromatic heterocycles. The maximum atomic E-state index is 10.9. The van der Waals surface area contributed by atoms with Crippen LogP contribution in [-0.2, 0) is 16.7 Å². The summed E-state index contributed by atoms with van der Waals surface area (Å²) in [6.45, 7) is 5.19. The zero-order valence-corrected chi connectivity index (χ0v) is 12.2. The van der Waals surface area contributed by atoms with Gasteiger partial charge in [0.25, 0.3) is 10.1 Å². The van der Waals surface area contributed by atoms with E-state index in [1.807, 2.05) is 0 Å². The van der Waals surface area contributed by atoms with Gasteiger partial charge in [-0.3, -0.25) is 4.55 Å². The quantitative estimate of drug-likeness (QED) is 0.661. The van der Waals surface area contributed by atoms with Crippen LogP contribution in [0.1, 0.15) is 25.8 Å². The van der Waals surface area contributed by atoms with E-state index in [-0.39, 0.29) is 4.90 Å². The van der Waals surface area contributed by atoms with Crippen molar-refractivity contribution in [1.29, 1.82) is 0 Å². The summed E-state index contributed by atoms with van der Waals surface area (Å²) in [6, 6.07) is 6.94. The predicted octanol–water partition coefficient (Wildman–Crippen LogP) is 2.31. The van der Waals surface area contributed by atoms with Crippen LogP contribution in [0.2, 0.25) is 0 Å². The van der Waals surface area contributed by atoms with Crippen molar-refractivity contribution >= 4 is 10.1 Å². The Balaban J connectivity index is 2.88. The first-order valence-corrected chi connectivity index (χ1v) is 7.50. The van der Waals surface area contributed by atoms with Gasteiger partial charge in [0.05, 0.1) is 25.0 Å². The van der Waals surface area contributed by atoms with Crippen LogP contribution in [0.4, 0.5) is 0 Å². The van der Waals surface area contributed by atoms with Crippen molar-refractivity contribution in [3.8, 4) is 0 Å². The van der Waals surface area contributed by atoms with E-state index in [2.05, 4.69) is 27.9 Å². The molecule has 0 aliphatic heterocycles. The Kier molecular flexibility index (Phi) is 4.53. The van der Waals surface area contributed by atoms with Gasteiger partial charge in [-0.2, -0.15) is 8.42 Å². The smallest absolute Gasteiger partial charge is 0.294 e. The number of quaternary nitrogens is 1. The molecule has 102 valence electrons. The molecule has 1 atom stereocenters. The molecule has 0 aliphatic carbocycles. The fourth-order valence-corrected chi connectivity index (χ4v) is 2.37. The minimum atomic E-state index is -4.09. The summed E-state index contributed by atoms with van der Waals surface area (Å²) < 4.78 is 31.6. The molecular weight excluding hydrogens is 250 g/mol. The molecule has 1 rings (SSSR count). The van der Waals surface area contributed by atoms with E-state index < -0.39 is 10.1 Å². The molecule has 1 N–H and O–H groups in total. The summed E-state index contributed by atoms with van der Waals surface area (Å²) in [6.07, 6.45) is 1.09. The third-order valence-electron chi connectivity index (χ3n) is 3.60. The zero-order valence-electron chi connectivity index (χ0n) is 11.4. The first-order chi connectivity index (χ1) is 8.16. The van der Waals surface area contributed by atoms with Crippen LogP contribution in [0.5, 0.6) is 0 Å². The van der Waals surface area contributed by atoms with Gasteiger partial charge < -0.3 is 4.48 Å². The van der Waals surface area contributed by atoms with Crippen molar-refractivity contribution in [2.75, 3.05) is 14.1 Å². The average molecular weight is 272 g/mol. The minimum Gasteiger partial charge on any atom is -0.323 e. The lowest BCUT2D eigenvalue weighted by Crippen LogP contribution is -2.46. The molecule has 0 saturated heterocycles. The monoisotopic (exact) mass is 272 g/mol. The van der Waals surface area contributed by atoms with Crippen LogP contribution in [0, 0.1) is 0 Å². The van der Waals surface area contributed by atoms with E-state index in [4.69, 9.17) is 4.55 Å². The Morgan fingerprint density at radius 3 is 2.11 bits per heavy atom.